The van der Waals surface area contributed by atoms with Crippen molar-refractivity contribution in [1.29, 1.82) is 0 Å². The second-order valence-corrected chi connectivity index (χ2v) is 5.94. The van der Waals surface area contributed by atoms with Crippen molar-refractivity contribution in [3.05, 3.63) is 35.4 Å². The van der Waals surface area contributed by atoms with Crippen LogP contribution in [-0.4, -0.2) is 5.11 Å². The van der Waals surface area contributed by atoms with Crippen LogP contribution < -0.4 is 0 Å². The van der Waals surface area contributed by atoms with Crippen molar-refractivity contribution in [2.45, 2.75) is 45.6 Å². The van der Waals surface area contributed by atoms with E-state index >= 15 is 0 Å². The molecule has 0 spiro atoms. The minimum atomic E-state index is -2.44. The van der Waals surface area contributed by atoms with Gasteiger partial charge in [-0.3, -0.25) is 0 Å². The van der Waals surface area contributed by atoms with Gasteiger partial charge in [-0.15, -0.1) is 0 Å². The molecule has 4 unspecified atom stereocenters. The summed E-state index contributed by atoms with van der Waals surface area (Å²) >= 11 is 0. The summed E-state index contributed by atoms with van der Waals surface area (Å²) in [5.41, 5.74) is 0.776. The molecule has 2 rings (SSSR count). The van der Waals surface area contributed by atoms with Gasteiger partial charge in [0.15, 0.2) is 0 Å². The first-order valence-corrected chi connectivity index (χ1v) is 7.05. The van der Waals surface area contributed by atoms with Crippen LogP contribution in [0, 0.1) is 17.8 Å². The van der Waals surface area contributed by atoms with E-state index < -0.39 is 12.5 Å². The predicted octanol–water partition coefficient (Wildman–Crippen LogP) is 4.73. The largest absolute Gasteiger partial charge is 0.388 e. The van der Waals surface area contributed by atoms with Gasteiger partial charge in [-0.05, 0) is 36.2 Å². The van der Waals surface area contributed by atoms with Gasteiger partial charge in [0, 0.05) is 5.56 Å². The number of halogens is 2. The fourth-order valence-corrected chi connectivity index (χ4v) is 2.99. The summed E-state index contributed by atoms with van der Waals surface area (Å²) < 4.78 is 25.0. The van der Waals surface area contributed by atoms with E-state index in [0.29, 0.717) is 11.8 Å². The first kappa shape index (κ1) is 14.4. The molecule has 0 aliphatic heterocycles. The Balaban J connectivity index is 2.05. The van der Waals surface area contributed by atoms with Gasteiger partial charge in [-0.25, -0.2) is 8.78 Å². The maximum Gasteiger partial charge on any atom is 0.263 e. The molecule has 1 aromatic carbocycles. The molecule has 1 aliphatic rings. The quantitative estimate of drug-likeness (QED) is 0.840. The van der Waals surface area contributed by atoms with Crippen LogP contribution in [-0.2, 0) is 0 Å². The highest BCUT2D eigenvalue weighted by Gasteiger charge is 2.29. The molecule has 4 atom stereocenters. The van der Waals surface area contributed by atoms with E-state index in [1.54, 1.807) is 12.1 Å². The van der Waals surface area contributed by atoms with Crippen molar-refractivity contribution in [3.8, 4) is 0 Å². The molecular formula is C16H22F2O. The lowest BCUT2D eigenvalue weighted by Gasteiger charge is -2.34. The molecule has 19 heavy (non-hydrogen) atoms. The average Bonchev–Trinajstić information content (AvgIpc) is 2.41. The van der Waals surface area contributed by atoms with Crippen molar-refractivity contribution in [2.75, 3.05) is 0 Å². The molecule has 1 nitrogen and oxygen atoms in total. The molecule has 1 N–H and O–H groups in total. The van der Waals surface area contributed by atoms with Gasteiger partial charge in [-0.2, -0.15) is 0 Å². The van der Waals surface area contributed by atoms with Gasteiger partial charge < -0.3 is 5.11 Å². The number of rotatable bonds is 3. The minimum absolute atomic E-state index is 0.0154. The molecule has 0 saturated heterocycles. The minimum Gasteiger partial charge on any atom is -0.388 e. The summed E-state index contributed by atoms with van der Waals surface area (Å²) in [5, 5.41) is 10.4. The van der Waals surface area contributed by atoms with Crippen LogP contribution in [0.4, 0.5) is 8.78 Å². The monoisotopic (exact) mass is 268 g/mol. The summed E-state index contributed by atoms with van der Waals surface area (Å²) in [4.78, 5) is 0. The first-order chi connectivity index (χ1) is 8.99. The molecule has 3 heteroatoms. The molecule has 1 fully saturated rings. The number of hydrogen-bond acceptors (Lipinski definition) is 1. The standard InChI is InChI=1S/C16H22F2O/c1-10-3-4-14(9-11(10)2)15(19)12-5-7-13(8-6-12)16(17)18/h5-8,10-11,14-16,19H,3-4,9H2,1-2H3. The van der Waals surface area contributed by atoms with Crippen molar-refractivity contribution >= 4 is 0 Å². The SMILES string of the molecule is CC1CCC(C(O)c2ccc(C(F)F)cc2)CC1C. The molecule has 0 bridgehead atoms. The number of aliphatic hydroxyl groups excluding tert-OH is 1. The Kier molecular flexibility index (Phi) is 4.56. The third-order valence-electron chi connectivity index (χ3n) is 4.62. The number of aliphatic hydroxyl groups is 1. The normalized spacial score (nSPS) is 29.5. The lowest BCUT2D eigenvalue weighted by molar-refractivity contribution is 0.0560. The highest BCUT2D eigenvalue weighted by molar-refractivity contribution is 5.25. The van der Waals surface area contributed by atoms with Gasteiger partial charge in [0.2, 0.25) is 0 Å². The fourth-order valence-electron chi connectivity index (χ4n) is 2.99. The van der Waals surface area contributed by atoms with Crippen molar-refractivity contribution < 1.29 is 13.9 Å². The second kappa shape index (κ2) is 6.00. The molecule has 1 saturated carbocycles. The number of benzene rings is 1. The Hall–Kier alpha value is -0.960. The van der Waals surface area contributed by atoms with E-state index in [1.807, 2.05) is 0 Å². The molecule has 0 amide bonds. The Morgan fingerprint density at radius 2 is 1.58 bits per heavy atom. The number of hydrogen-bond donors (Lipinski definition) is 1. The Labute approximate surface area is 113 Å². The number of alkyl halides is 2. The van der Waals surface area contributed by atoms with Crippen LogP contribution in [0.25, 0.3) is 0 Å². The molecule has 0 radical (unpaired) electrons. The molecular weight excluding hydrogens is 246 g/mol. The molecule has 1 aromatic rings. The van der Waals surface area contributed by atoms with Gasteiger partial charge in [0.25, 0.3) is 6.43 Å². The van der Waals surface area contributed by atoms with Gasteiger partial charge in [0.05, 0.1) is 6.10 Å². The molecule has 0 heterocycles. The topological polar surface area (TPSA) is 20.2 Å². The van der Waals surface area contributed by atoms with Crippen LogP contribution in [0.15, 0.2) is 24.3 Å². The predicted molar refractivity (Wildman–Crippen MR) is 72.0 cm³/mol. The lowest BCUT2D eigenvalue weighted by Crippen LogP contribution is -2.25. The summed E-state index contributed by atoms with van der Waals surface area (Å²) in [5.74, 6) is 1.59. The third-order valence-corrected chi connectivity index (χ3v) is 4.62. The maximum atomic E-state index is 12.5. The highest BCUT2D eigenvalue weighted by atomic mass is 19.3. The van der Waals surface area contributed by atoms with Crippen LogP contribution in [0.2, 0.25) is 0 Å². The summed E-state index contributed by atoms with van der Waals surface area (Å²) in [6, 6.07) is 6.10. The average molecular weight is 268 g/mol. The van der Waals surface area contributed by atoms with E-state index in [-0.39, 0.29) is 11.5 Å². The highest BCUT2D eigenvalue weighted by Crippen LogP contribution is 2.39. The Morgan fingerprint density at radius 1 is 1.00 bits per heavy atom. The van der Waals surface area contributed by atoms with Crippen LogP contribution >= 0.6 is 0 Å². The van der Waals surface area contributed by atoms with Gasteiger partial charge in [0.1, 0.15) is 0 Å². The van der Waals surface area contributed by atoms with Gasteiger partial charge in [-0.1, -0.05) is 44.5 Å². The van der Waals surface area contributed by atoms with E-state index in [9.17, 15) is 13.9 Å². The fraction of sp³-hybridized carbons (Fsp3) is 0.625. The van der Waals surface area contributed by atoms with E-state index in [4.69, 9.17) is 0 Å². The zero-order valence-corrected chi connectivity index (χ0v) is 11.5. The summed E-state index contributed by atoms with van der Waals surface area (Å²) in [7, 11) is 0. The van der Waals surface area contributed by atoms with E-state index in [2.05, 4.69) is 13.8 Å². The van der Waals surface area contributed by atoms with Crippen molar-refractivity contribution in [3.63, 3.8) is 0 Å². The summed E-state index contributed by atoms with van der Waals surface area (Å²) in [6.07, 6.45) is 0.198. The third kappa shape index (κ3) is 3.33. The van der Waals surface area contributed by atoms with E-state index in [0.717, 1.165) is 24.8 Å². The Morgan fingerprint density at radius 3 is 2.11 bits per heavy atom. The second-order valence-electron chi connectivity index (χ2n) is 5.94. The van der Waals surface area contributed by atoms with Crippen molar-refractivity contribution in [1.82, 2.24) is 0 Å². The smallest absolute Gasteiger partial charge is 0.263 e. The molecule has 106 valence electrons. The van der Waals surface area contributed by atoms with Gasteiger partial charge >= 0.3 is 0 Å². The van der Waals surface area contributed by atoms with Crippen LogP contribution in [0.5, 0.6) is 0 Å². The molecule has 1 aliphatic carbocycles. The zero-order chi connectivity index (χ0) is 14.0. The maximum absolute atomic E-state index is 12.5. The summed E-state index contributed by atoms with van der Waals surface area (Å²) in [6.45, 7) is 4.48. The molecule has 0 aromatic heterocycles. The van der Waals surface area contributed by atoms with Crippen LogP contribution in [0.1, 0.15) is 56.8 Å². The van der Waals surface area contributed by atoms with Crippen molar-refractivity contribution in [2.24, 2.45) is 17.8 Å². The zero-order valence-electron chi connectivity index (χ0n) is 11.5. The van der Waals surface area contributed by atoms with E-state index in [1.165, 1.54) is 12.1 Å². The Bertz CT molecular complexity index is 402. The lowest BCUT2D eigenvalue weighted by atomic mass is 9.73. The van der Waals surface area contributed by atoms with Crippen LogP contribution in [0.3, 0.4) is 0 Å². The first-order valence-electron chi connectivity index (χ1n) is 7.05.